The predicted octanol–water partition coefficient (Wildman–Crippen LogP) is 6.17. The van der Waals surface area contributed by atoms with Crippen molar-refractivity contribution in [3.8, 4) is 23.1 Å². The number of hydrogen-bond acceptors (Lipinski definition) is 6. The number of fused-ring (bicyclic) bond motifs is 3. The lowest BCUT2D eigenvalue weighted by atomic mass is 9.91. The Labute approximate surface area is 261 Å². The van der Waals surface area contributed by atoms with Gasteiger partial charge in [-0.1, -0.05) is 60.6 Å². The van der Waals surface area contributed by atoms with E-state index in [2.05, 4.69) is 41.8 Å². The third kappa shape index (κ3) is 4.75. The van der Waals surface area contributed by atoms with Crippen molar-refractivity contribution in [3.05, 3.63) is 77.8 Å². The monoisotopic (exact) mass is 609 g/mol. The van der Waals surface area contributed by atoms with E-state index < -0.39 is 6.17 Å². The van der Waals surface area contributed by atoms with Crippen LogP contribution in [0.15, 0.2) is 67.3 Å². The molecule has 3 aromatic carbocycles. The molecule has 3 aliphatic rings. The number of alkyl halides is 1. The number of carbonyl (C=O) groups excluding carboxylic acids is 1. The summed E-state index contributed by atoms with van der Waals surface area (Å²) in [6.07, 6.45) is 1.84. The minimum absolute atomic E-state index is 0.0525. The van der Waals surface area contributed by atoms with Crippen LogP contribution in [0.2, 0.25) is 5.02 Å². The van der Waals surface area contributed by atoms with Crippen LogP contribution in [0.4, 0.5) is 10.1 Å². The van der Waals surface area contributed by atoms with Crippen LogP contribution in [0.25, 0.3) is 32.8 Å². The van der Waals surface area contributed by atoms with Gasteiger partial charge in [0.15, 0.2) is 0 Å². The molecule has 9 heteroatoms. The molecule has 0 bridgehead atoms. The first-order valence-corrected chi connectivity index (χ1v) is 15.4. The lowest BCUT2D eigenvalue weighted by Gasteiger charge is -2.49. The third-order valence-corrected chi connectivity index (χ3v) is 9.84. The molecular weight excluding hydrogens is 577 g/mol. The van der Waals surface area contributed by atoms with E-state index in [1.807, 2.05) is 47.2 Å². The fourth-order valence-electron chi connectivity index (χ4n) is 7.30. The number of amides is 1. The number of halogens is 2. The van der Waals surface area contributed by atoms with Gasteiger partial charge in [-0.15, -0.1) is 0 Å². The molecule has 3 fully saturated rings. The van der Waals surface area contributed by atoms with E-state index in [-0.39, 0.29) is 37.1 Å². The van der Waals surface area contributed by atoms with Crippen molar-refractivity contribution in [2.75, 3.05) is 38.2 Å². The van der Waals surface area contributed by atoms with Crippen molar-refractivity contribution in [1.29, 1.82) is 5.26 Å². The summed E-state index contributed by atoms with van der Waals surface area (Å²) in [6.45, 7) is 5.65. The number of aromatic nitrogens is 1. The van der Waals surface area contributed by atoms with Gasteiger partial charge in [-0.05, 0) is 54.6 Å². The molecule has 3 saturated heterocycles. The normalized spacial score (nSPS) is 23.0. The third-order valence-electron chi connectivity index (χ3n) is 9.53. The number of carbonyl (C=O) groups is 1. The van der Waals surface area contributed by atoms with Crippen LogP contribution >= 0.6 is 11.6 Å². The van der Waals surface area contributed by atoms with Gasteiger partial charge >= 0.3 is 0 Å². The van der Waals surface area contributed by atoms with Gasteiger partial charge in [0, 0.05) is 41.5 Å². The first-order valence-electron chi connectivity index (χ1n) is 15.1. The maximum atomic E-state index is 14.2. The van der Waals surface area contributed by atoms with E-state index in [9.17, 15) is 14.4 Å². The zero-order valence-electron chi connectivity index (χ0n) is 24.5. The van der Waals surface area contributed by atoms with Crippen molar-refractivity contribution in [3.63, 3.8) is 0 Å². The number of nitriles is 1. The van der Waals surface area contributed by atoms with Gasteiger partial charge in [-0.3, -0.25) is 9.69 Å². The standard InChI is InChI=1S/C35H33ClFN5O2/c1-3-32(43)41-15-13-30-31(41)19-42(30)34-26-11-10-22(25-8-4-6-21-7-5-9-28(36)33(21)25)16-29(26)39-35(27(34)12-14-38)44-20-24-17-23(37)18-40(24)2/h3-11,16,23-24,30-31H,1,12-13,15,17-20H2,2H3/t23-,24+,30-,31-/m1/s1. The number of pyridine rings is 1. The average molecular weight is 610 g/mol. The Morgan fingerprint density at radius 3 is 2.77 bits per heavy atom. The highest BCUT2D eigenvalue weighted by Gasteiger charge is 2.49. The molecule has 0 aliphatic carbocycles. The Balaban J connectivity index is 1.35. The van der Waals surface area contributed by atoms with Crippen molar-refractivity contribution < 1.29 is 13.9 Å². The van der Waals surface area contributed by atoms with Crippen molar-refractivity contribution >= 4 is 44.9 Å². The maximum Gasteiger partial charge on any atom is 0.246 e. The smallest absolute Gasteiger partial charge is 0.246 e. The molecule has 0 radical (unpaired) electrons. The number of rotatable bonds is 7. The van der Waals surface area contributed by atoms with Gasteiger partial charge in [-0.25, -0.2) is 9.37 Å². The van der Waals surface area contributed by atoms with E-state index >= 15 is 0 Å². The molecule has 3 aliphatic heterocycles. The fourth-order valence-corrected chi connectivity index (χ4v) is 7.59. The van der Waals surface area contributed by atoms with Crippen molar-refractivity contribution in [1.82, 2.24) is 14.8 Å². The SMILES string of the molecule is C=CC(=O)N1CC[C@@H]2[C@H]1CN2c1c(CC#N)c(OC[C@@H]2C[C@@H](F)CN2C)nc2cc(-c3cccc4cccc(Cl)c34)ccc12. The molecular formula is C35H33ClFN5O2. The summed E-state index contributed by atoms with van der Waals surface area (Å²) in [5.74, 6) is 0.349. The minimum atomic E-state index is -0.885. The molecule has 4 atom stereocenters. The average Bonchev–Trinajstić information content (AvgIpc) is 3.52. The van der Waals surface area contributed by atoms with Crippen LogP contribution in [-0.4, -0.2) is 78.3 Å². The zero-order valence-corrected chi connectivity index (χ0v) is 25.3. The number of anilines is 1. The summed E-state index contributed by atoms with van der Waals surface area (Å²) >= 11 is 6.69. The molecule has 4 heterocycles. The predicted molar refractivity (Wildman–Crippen MR) is 172 cm³/mol. The number of nitrogens with zero attached hydrogens (tertiary/aromatic N) is 5. The highest BCUT2D eigenvalue weighted by molar-refractivity contribution is 6.36. The molecule has 0 spiro atoms. The Hall–Kier alpha value is -4.19. The lowest BCUT2D eigenvalue weighted by molar-refractivity contribution is -0.127. The number of hydrogen-bond donors (Lipinski definition) is 0. The second-order valence-corrected chi connectivity index (χ2v) is 12.4. The van der Waals surface area contributed by atoms with Gasteiger partial charge < -0.3 is 14.5 Å². The highest BCUT2D eigenvalue weighted by Crippen LogP contribution is 2.45. The van der Waals surface area contributed by atoms with Gasteiger partial charge in [-0.2, -0.15) is 5.26 Å². The molecule has 0 N–H and O–H groups in total. The molecule has 224 valence electrons. The number of likely N-dealkylation sites (N-methyl/N-ethyl adjacent to an activating group) is 1. The van der Waals surface area contributed by atoms with E-state index in [0.717, 1.165) is 50.5 Å². The van der Waals surface area contributed by atoms with E-state index in [1.165, 1.54) is 6.08 Å². The summed E-state index contributed by atoms with van der Waals surface area (Å²) in [5.41, 5.74) is 4.36. The van der Waals surface area contributed by atoms with E-state index in [4.69, 9.17) is 21.3 Å². The molecule has 1 aromatic heterocycles. The van der Waals surface area contributed by atoms with Crippen LogP contribution in [0, 0.1) is 11.3 Å². The first-order chi connectivity index (χ1) is 21.4. The van der Waals surface area contributed by atoms with Crippen LogP contribution in [-0.2, 0) is 11.2 Å². The van der Waals surface area contributed by atoms with Crippen molar-refractivity contribution in [2.24, 2.45) is 0 Å². The van der Waals surface area contributed by atoms with Gasteiger partial charge in [0.05, 0.1) is 41.3 Å². The van der Waals surface area contributed by atoms with Gasteiger partial charge in [0.25, 0.3) is 0 Å². The summed E-state index contributed by atoms with van der Waals surface area (Å²) in [7, 11) is 1.90. The Morgan fingerprint density at radius 1 is 1.20 bits per heavy atom. The fraction of sp³-hybridized carbons (Fsp3) is 0.343. The van der Waals surface area contributed by atoms with Crippen molar-refractivity contribution in [2.45, 2.75) is 43.6 Å². The quantitative estimate of drug-likeness (QED) is 0.233. The Morgan fingerprint density at radius 2 is 2.02 bits per heavy atom. The summed E-state index contributed by atoms with van der Waals surface area (Å²) < 4.78 is 20.5. The number of likely N-dealkylation sites (tertiary alicyclic amines) is 2. The highest BCUT2D eigenvalue weighted by atomic mass is 35.5. The first kappa shape index (κ1) is 28.6. The Kier molecular flexibility index (Phi) is 7.39. The molecule has 0 unspecified atom stereocenters. The summed E-state index contributed by atoms with van der Waals surface area (Å²) in [6, 6.07) is 20.7. The molecule has 4 aromatic rings. The minimum Gasteiger partial charge on any atom is -0.476 e. The zero-order chi connectivity index (χ0) is 30.5. The second kappa shape index (κ2) is 11.4. The van der Waals surface area contributed by atoms with Crippen LogP contribution in [0.1, 0.15) is 18.4 Å². The molecule has 1 amide bonds. The Bertz CT molecular complexity index is 1830. The number of benzene rings is 3. The largest absolute Gasteiger partial charge is 0.476 e. The van der Waals surface area contributed by atoms with Crippen LogP contribution < -0.4 is 9.64 Å². The van der Waals surface area contributed by atoms with Crippen LogP contribution in [0.5, 0.6) is 5.88 Å². The molecule has 44 heavy (non-hydrogen) atoms. The molecule has 7 rings (SSSR count). The van der Waals surface area contributed by atoms with Crippen LogP contribution in [0.3, 0.4) is 0 Å². The summed E-state index contributed by atoms with van der Waals surface area (Å²) in [4.78, 5) is 23.7. The maximum absolute atomic E-state index is 14.2. The van der Waals surface area contributed by atoms with E-state index in [1.54, 1.807) is 0 Å². The summed E-state index contributed by atoms with van der Waals surface area (Å²) in [5, 5.41) is 13.6. The lowest BCUT2D eigenvalue weighted by Crippen LogP contribution is -2.63. The second-order valence-electron chi connectivity index (χ2n) is 12.0. The topological polar surface area (TPSA) is 72.7 Å². The molecule has 7 nitrogen and oxygen atoms in total. The molecule has 0 saturated carbocycles. The van der Waals surface area contributed by atoms with E-state index in [0.29, 0.717) is 37.0 Å². The van der Waals surface area contributed by atoms with Gasteiger partial charge in [0.1, 0.15) is 12.8 Å². The van der Waals surface area contributed by atoms with Gasteiger partial charge in [0.2, 0.25) is 11.8 Å². The number of ether oxygens (including phenoxy) is 1.